The molecule has 0 saturated carbocycles. The Morgan fingerprint density at radius 1 is 1.31 bits per heavy atom. The highest BCUT2D eigenvalue weighted by atomic mass is 16.4. The molecule has 2 nitrogen and oxygen atoms in total. The highest BCUT2D eigenvalue weighted by Crippen LogP contribution is 2.16. The molecule has 0 fully saturated rings. The SMILES string of the molecule is [CH2]CCCCCC(CCC)C(=O)O. The zero-order valence-corrected chi connectivity index (χ0v) is 8.59. The number of unbranched alkanes of at least 4 members (excludes halogenated alkanes) is 3. The number of carboxylic acids is 1. The molecule has 0 aliphatic carbocycles. The van der Waals surface area contributed by atoms with Crippen molar-refractivity contribution < 1.29 is 9.90 Å². The molecule has 0 aromatic heterocycles. The Kier molecular flexibility index (Phi) is 7.76. The van der Waals surface area contributed by atoms with Gasteiger partial charge in [-0.15, -0.1) is 0 Å². The van der Waals surface area contributed by atoms with E-state index in [4.69, 9.17) is 5.11 Å². The van der Waals surface area contributed by atoms with Crippen LogP contribution < -0.4 is 0 Å². The second-order valence-corrected chi connectivity index (χ2v) is 3.53. The summed E-state index contributed by atoms with van der Waals surface area (Å²) in [6.07, 6.45) is 6.86. The molecule has 0 heterocycles. The van der Waals surface area contributed by atoms with Gasteiger partial charge in [-0.05, 0) is 12.8 Å². The summed E-state index contributed by atoms with van der Waals surface area (Å²) in [5, 5.41) is 8.85. The fraction of sp³-hybridized carbons (Fsp3) is 0.818. The van der Waals surface area contributed by atoms with Crippen molar-refractivity contribution >= 4 is 5.97 Å². The van der Waals surface area contributed by atoms with E-state index in [1.54, 1.807) is 0 Å². The Hall–Kier alpha value is -0.530. The van der Waals surface area contributed by atoms with Gasteiger partial charge in [0.25, 0.3) is 0 Å². The second kappa shape index (κ2) is 8.09. The van der Waals surface area contributed by atoms with Crippen LogP contribution in [0.2, 0.25) is 0 Å². The average Bonchev–Trinajstić information content (AvgIpc) is 2.10. The van der Waals surface area contributed by atoms with Gasteiger partial charge in [0.1, 0.15) is 0 Å². The summed E-state index contributed by atoms with van der Waals surface area (Å²) in [4.78, 5) is 10.7. The maximum atomic E-state index is 10.7. The Morgan fingerprint density at radius 2 is 2.00 bits per heavy atom. The number of aliphatic carboxylic acids is 1. The van der Waals surface area contributed by atoms with Crippen LogP contribution in [0.1, 0.15) is 51.9 Å². The molecule has 0 aromatic carbocycles. The number of hydrogen-bond acceptors (Lipinski definition) is 1. The molecule has 1 atom stereocenters. The summed E-state index contributed by atoms with van der Waals surface area (Å²) in [5.74, 6) is -0.744. The molecule has 1 unspecified atom stereocenters. The van der Waals surface area contributed by atoms with Gasteiger partial charge in [0.2, 0.25) is 0 Å². The quantitative estimate of drug-likeness (QED) is 0.589. The van der Waals surface area contributed by atoms with E-state index in [1.807, 2.05) is 6.92 Å². The molecule has 2 heteroatoms. The molecule has 0 aliphatic heterocycles. The predicted molar refractivity (Wildman–Crippen MR) is 54.5 cm³/mol. The number of hydrogen-bond donors (Lipinski definition) is 1. The molecule has 1 radical (unpaired) electrons. The van der Waals surface area contributed by atoms with Gasteiger partial charge < -0.3 is 5.11 Å². The molecule has 13 heavy (non-hydrogen) atoms. The molecule has 0 amide bonds. The van der Waals surface area contributed by atoms with Gasteiger partial charge in [-0.2, -0.15) is 0 Å². The normalized spacial score (nSPS) is 12.8. The summed E-state index contributed by atoms with van der Waals surface area (Å²) in [5.41, 5.74) is 0. The molecule has 0 spiro atoms. The van der Waals surface area contributed by atoms with Gasteiger partial charge in [0, 0.05) is 0 Å². The third kappa shape index (κ3) is 6.62. The smallest absolute Gasteiger partial charge is 0.306 e. The fourth-order valence-electron chi connectivity index (χ4n) is 1.48. The first kappa shape index (κ1) is 12.5. The fourth-order valence-corrected chi connectivity index (χ4v) is 1.48. The van der Waals surface area contributed by atoms with E-state index in [0.717, 1.165) is 44.9 Å². The third-order valence-corrected chi connectivity index (χ3v) is 2.29. The lowest BCUT2D eigenvalue weighted by atomic mass is 9.96. The lowest BCUT2D eigenvalue weighted by Gasteiger charge is -2.09. The number of carbonyl (C=O) groups is 1. The van der Waals surface area contributed by atoms with E-state index in [0.29, 0.717) is 0 Å². The summed E-state index contributed by atoms with van der Waals surface area (Å²) in [6.45, 7) is 5.79. The van der Waals surface area contributed by atoms with E-state index in [9.17, 15) is 4.79 Å². The maximum Gasteiger partial charge on any atom is 0.306 e. The molecule has 0 bridgehead atoms. The molecule has 0 saturated heterocycles. The molecular formula is C11H21O2. The Bertz CT molecular complexity index is 132. The van der Waals surface area contributed by atoms with E-state index < -0.39 is 5.97 Å². The van der Waals surface area contributed by atoms with Gasteiger partial charge in [-0.1, -0.05) is 46.0 Å². The highest BCUT2D eigenvalue weighted by molar-refractivity contribution is 5.69. The van der Waals surface area contributed by atoms with Crippen LogP contribution in [0.25, 0.3) is 0 Å². The first-order valence-corrected chi connectivity index (χ1v) is 5.24. The minimum absolute atomic E-state index is 0.116. The Balaban J connectivity index is 3.51. The zero-order valence-electron chi connectivity index (χ0n) is 8.59. The van der Waals surface area contributed by atoms with E-state index in [2.05, 4.69) is 6.92 Å². The van der Waals surface area contributed by atoms with Crippen LogP contribution in [0.3, 0.4) is 0 Å². The summed E-state index contributed by atoms with van der Waals surface area (Å²) in [6, 6.07) is 0. The summed E-state index contributed by atoms with van der Waals surface area (Å²) >= 11 is 0. The lowest BCUT2D eigenvalue weighted by Crippen LogP contribution is -2.13. The number of rotatable bonds is 8. The minimum atomic E-state index is -0.628. The highest BCUT2D eigenvalue weighted by Gasteiger charge is 2.14. The van der Waals surface area contributed by atoms with Gasteiger partial charge in [0.05, 0.1) is 5.92 Å². The van der Waals surface area contributed by atoms with Crippen molar-refractivity contribution in [2.75, 3.05) is 0 Å². The first-order chi connectivity index (χ1) is 6.22. The minimum Gasteiger partial charge on any atom is -0.481 e. The van der Waals surface area contributed by atoms with E-state index >= 15 is 0 Å². The lowest BCUT2D eigenvalue weighted by molar-refractivity contribution is -0.142. The van der Waals surface area contributed by atoms with E-state index in [-0.39, 0.29) is 5.92 Å². The van der Waals surface area contributed by atoms with Crippen LogP contribution in [0.5, 0.6) is 0 Å². The Morgan fingerprint density at radius 3 is 2.46 bits per heavy atom. The summed E-state index contributed by atoms with van der Waals surface area (Å²) < 4.78 is 0. The van der Waals surface area contributed by atoms with Crippen molar-refractivity contribution in [1.82, 2.24) is 0 Å². The largest absolute Gasteiger partial charge is 0.481 e. The second-order valence-electron chi connectivity index (χ2n) is 3.53. The standard InChI is InChI=1S/C11H21O2/c1-3-5-6-7-9-10(8-4-2)11(12)13/h10H,1,3-9H2,2H3,(H,12,13). The van der Waals surface area contributed by atoms with Gasteiger partial charge >= 0.3 is 5.97 Å². The van der Waals surface area contributed by atoms with Crippen LogP contribution in [0, 0.1) is 12.8 Å². The molecule has 1 N–H and O–H groups in total. The van der Waals surface area contributed by atoms with E-state index in [1.165, 1.54) is 0 Å². The predicted octanol–water partition coefficient (Wildman–Crippen LogP) is 3.27. The summed E-state index contributed by atoms with van der Waals surface area (Å²) in [7, 11) is 0. The molecule has 0 aliphatic rings. The Labute approximate surface area is 81.3 Å². The monoisotopic (exact) mass is 185 g/mol. The third-order valence-electron chi connectivity index (χ3n) is 2.29. The first-order valence-electron chi connectivity index (χ1n) is 5.24. The van der Waals surface area contributed by atoms with Crippen molar-refractivity contribution in [3.8, 4) is 0 Å². The van der Waals surface area contributed by atoms with Crippen LogP contribution in [-0.2, 0) is 4.79 Å². The van der Waals surface area contributed by atoms with Gasteiger partial charge in [-0.3, -0.25) is 4.79 Å². The van der Waals surface area contributed by atoms with Gasteiger partial charge in [0.15, 0.2) is 0 Å². The number of carboxylic acid groups (broad SMARTS) is 1. The molecule has 0 rings (SSSR count). The molecule has 77 valence electrons. The molecule has 0 aromatic rings. The molecular weight excluding hydrogens is 164 g/mol. The van der Waals surface area contributed by atoms with Crippen molar-refractivity contribution in [3.05, 3.63) is 6.92 Å². The van der Waals surface area contributed by atoms with Crippen molar-refractivity contribution in [2.24, 2.45) is 5.92 Å². The van der Waals surface area contributed by atoms with Gasteiger partial charge in [-0.25, -0.2) is 0 Å². The van der Waals surface area contributed by atoms with Crippen molar-refractivity contribution in [2.45, 2.75) is 51.9 Å². The topological polar surface area (TPSA) is 37.3 Å². The maximum absolute atomic E-state index is 10.7. The van der Waals surface area contributed by atoms with Crippen molar-refractivity contribution in [3.63, 3.8) is 0 Å². The van der Waals surface area contributed by atoms with Crippen molar-refractivity contribution in [1.29, 1.82) is 0 Å². The van der Waals surface area contributed by atoms with Crippen LogP contribution >= 0.6 is 0 Å². The van der Waals surface area contributed by atoms with Crippen LogP contribution in [-0.4, -0.2) is 11.1 Å². The zero-order chi connectivity index (χ0) is 10.1. The van der Waals surface area contributed by atoms with Crippen LogP contribution in [0.15, 0.2) is 0 Å². The average molecular weight is 185 g/mol. The van der Waals surface area contributed by atoms with Crippen LogP contribution in [0.4, 0.5) is 0 Å².